The lowest BCUT2D eigenvalue weighted by molar-refractivity contribution is 0.340. The molecule has 0 N–H and O–H groups in total. The Morgan fingerprint density at radius 3 is 1.93 bits per heavy atom. The first-order valence-corrected chi connectivity index (χ1v) is 9.94. The van der Waals surface area contributed by atoms with Crippen LogP contribution in [0.2, 0.25) is 0 Å². The van der Waals surface area contributed by atoms with E-state index in [2.05, 4.69) is 11.8 Å². The Morgan fingerprint density at radius 1 is 0.793 bits per heavy atom. The molecule has 3 aromatic rings. The molecular weight excluding hydrogens is 366 g/mol. The predicted octanol–water partition coefficient (Wildman–Crippen LogP) is 6.77. The van der Waals surface area contributed by atoms with Crippen LogP contribution in [0.15, 0.2) is 60.7 Å². The predicted molar refractivity (Wildman–Crippen MR) is 114 cm³/mol. The van der Waals surface area contributed by atoms with Gasteiger partial charge in [-0.05, 0) is 72.9 Å². The Kier molecular flexibility index (Phi) is 7.03. The highest BCUT2D eigenvalue weighted by atomic mass is 19.1. The summed E-state index contributed by atoms with van der Waals surface area (Å²) in [6.45, 7) is 4.63. The summed E-state index contributed by atoms with van der Waals surface area (Å²) in [5.41, 5.74) is 3.30. The van der Waals surface area contributed by atoms with Gasteiger partial charge in [0.1, 0.15) is 17.4 Å². The van der Waals surface area contributed by atoms with Crippen LogP contribution in [0.1, 0.15) is 43.4 Å². The van der Waals surface area contributed by atoms with Gasteiger partial charge in [0.2, 0.25) is 0 Å². The van der Waals surface area contributed by atoms with E-state index in [4.69, 9.17) is 4.74 Å². The van der Waals surface area contributed by atoms with Crippen molar-refractivity contribution in [3.8, 4) is 28.7 Å². The minimum atomic E-state index is -0.602. The van der Waals surface area contributed by atoms with Crippen LogP contribution in [0, 0.1) is 23.5 Å². The number of unbranched alkanes of at least 4 members (excludes halogenated alkanes) is 1. The summed E-state index contributed by atoms with van der Waals surface area (Å²) >= 11 is 0. The first-order valence-electron chi connectivity index (χ1n) is 9.94. The largest absolute Gasteiger partial charge is 0.494 e. The van der Waals surface area contributed by atoms with E-state index >= 15 is 0 Å². The van der Waals surface area contributed by atoms with Gasteiger partial charge in [-0.2, -0.15) is 0 Å². The van der Waals surface area contributed by atoms with Gasteiger partial charge in [-0.15, -0.1) is 0 Å². The van der Waals surface area contributed by atoms with E-state index in [1.807, 2.05) is 62.4 Å². The lowest BCUT2D eigenvalue weighted by Gasteiger charge is -2.05. The Morgan fingerprint density at radius 2 is 1.38 bits per heavy atom. The van der Waals surface area contributed by atoms with Gasteiger partial charge in [-0.25, -0.2) is 8.78 Å². The molecule has 0 saturated heterocycles. The van der Waals surface area contributed by atoms with Crippen molar-refractivity contribution in [2.24, 2.45) is 0 Å². The molecule has 0 amide bonds. The molecule has 0 aliphatic rings. The first-order chi connectivity index (χ1) is 14.1. The fourth-order valence-corrected chi connectivity index (χ4v) is 3.06. The van der Waals surface area contributed by atoms with E-state index in [1.165, 1.54) is 12.1 Å². The lowest BCUT2D eigenvalue weighted by Crippen LogP contribution is -1.95. The van der Waals surface area contributed by atoms with Crippen LogP contribution >= 0.6 is 0 Å². The van der Waals surface area contributed by atoms with Gasteiger partial charge in [0.05, 0.1) is 12.2 Å². The number of hydrogen-bond donors (Lipinski definition) is 0. The normalized spacial score (nSPS) is 10.3. The minimum absolute atomic E-state index is 0.180. The van der Waals surface area contributed by atoms with E-state index in [1.54, 1.807) is 0 Å². The van der Waals surface area contributed by atoms with E-state index in [0.717, 1.165) is 29.7 Å². The van der Waals surface area contributed by atoms with Crippen LogP contribution in [-0.2, 0) is 6.42 Å². The molecule has 0 aliphatic heterocycles. The van der Waals surface area contributed by atoms with Crippen LogP contribution in [0.3, 0.4) is 0 Å². The van der Waals surface area contributed by atoms with Crippen molar-refractivity contribution in [3.05, 3.63) is 89.0 Å². The summed E-state index contributed by atoms with van der Waals surface area (Å²) in [7, 11) is 0. The molecule has 0 fully saturated rings. The number of hydrogen-bond acceptors (Lipinski definition) is 1. The highest BCUT2D eigenvalue weighted by Crippen LogP contribution is 2.23. The van der Waals surface area contributed by atoms with Crippen molar-refractivity contribution in [3.63, 3.8) is 0 Å². The monoisotopic (exact) mass is 390 g/mol. The molecule has 3 heteroatoms. The molecule has 0 aliphatic carbocycles. The molecule has 0 radical (unpaired) electrons. The number of benzene rings is 3. The zero-order chi connectivity index (χ0) is 20.6. The second-order valence-corrected chi connectivity index (χ2v) is 6.82. The molecule has 29 heavy (non-hydrogen) atoms. The smallest absolute Gasteiger partial charge is 0.142 e. The number of ether oxygens (including phenoxy) is 1. The fraction of sp³-hybridized carbons (Fsp3) is 0.231. The van der Waals surface area contributed by atoms with Gasteiger partial charge in [-0.1, -0.05) is 49.5 Å². The minimum Gasteiger partial charge on any atom is -0.494 e. The summed E-state index contributed by atoms with van der Waals surface area (Å²) in [6, 6.07) is 18.2. The Balaban J connectivity index is 1.76. The van der Waals surface area contributed by atoms with Crippen LogP contribution in [0.5, 0.6) is 5.75 Å². The van der Waals surface area contributed by atoms with Crippen molar-refractivity contribution >= 4 is 0 Å². The number of rotatable bonds is 6. The SMILES string of the molecule is CCCCc1cc(F)c(C#Cc2ccc(-c3ccc(OCC)cc3)cc2)c(F)c1. The zero-order valence-electron chi connectivity index (χ0n) is 16.8. The molecule has 3 aromatic carbocycles. The molecule has 148 valence electrons. The molecule has 0 aromatic heterocycles. The maximum atomic E-state index is 14.3. The molecular formula is C26H24F2O. The fourth-order valence-electron chi connectivity index (χ4n) is 3.06. The van der Waals surface area contributed by atoms with E-state index in [9.17, 15) is 8.78 Å². The molecule has 3 rings (SSSR count). The third-order valence-electron chi connectivity index (χ3n) is 4.64. The van der Waals surface area contributed by atoms with Gasteiger partial charge >= 0.3 is 0 Å². The molecule has 0 atom stereocenters. The second kappa shape index (κ2) is 9.89. The van der Waals surface area contributed by atoms with Crippen molar-refractivity contribution < 1.29 is 13.5 Å². The van der Waals surface area contributed by atoms with Crippen molar-refractivity contribution in [1.29, 1.82) is 0 Å². The molecule has 0 heterocycles. The van der Waals surface area contributed by atoms with Gasteiger partial charge in [0, 0.05) is 5.56 Å². The molecule has 0 bridgehead atoms. The molecule has 1 nitrogen and oxygen atoms in total. The summed E-state index contributed by atoms with van der Waals surface area (Å²) in [4.78, 5) is 0. The van der Waals surface area contributed by atoms with Crippen LogP contribution in [0.25, 0.3) is 11.1 Å². The van der Waals surface area contributed by atoms with E-state index in [0.29, 0.717) is 24.2 Å². The van der Waals surface area contributed by atoms with Crippen molar-refractivity contribution in [1.82, 2.24) is 0 Å². The number of halogens is 2. The Hall–Kier alpha value is -3.12. The van der Waals surface area contributed by atoms with Crippen LogP contribution in [0.4, 0.5) is 8.78 Å². The summed E-state index contributed by atoms with van der Waals surface area (Å²) in [5, 5.41) is 0. The Labute approximate surface area is 171 Å². The highest BCUT2D eigenvalue weighted by Gasteiger charge is 2.09. The highest BCUT2D eigenvalue weighted by molar-refractivity contribution is 5.65. The molecule has 0 unspecified atom stereocenters. The average Bonchev–Trinajstić information content (AvgIpc) is 2.73. The van der Waals surface area contributed by atoms with E-state index in [-0.39, 0.29) is 5.56 Å². The molecule has 0 spiro atoms. The maximum Gasteiger partial charge on any atom is 0.142 e. The van der Waals surface area contributed by atoms with Crippen LogP contribution in [-0.4, -0.2) is 6.61 Å². The second-order valence-electron chi connectivity index (χ2n) is 6.82. The Bertz CT molecular complexity index is 986. The summed E-state index contributed by atoms with van der Waals surface area (Å²) < 4.78 is 34.0. The van der Waals surface area contributed by atoms with Gasteiger partial charge in [-0.3, -0.25) is 0 Å². The lowest BCUT2D eigenvalue weighted by atomic mass is 10.0. The van der Waals surface area contributed by atoms with Crippen molar-refractivity contribution in [2.45, 2.75) is 33.1 Å². The first kappa shape index (κ1) is 20.6. The third kappa shape index (κ3) is 5.45. The van der Waals surface area contributed by atoms with Gasteiger partial charge in [0.15, 0.2) is 0 Å². The van der Waals surface area contributed by atoms with Crippen LogP contribution < -0.4 is 4.74 Å². The average molecular weight is 390 g/mol. The number of aryl methyl sites for hydroxylation is 1. The third-order valence-corrected chi connectivity index (χ3v) is 4.64. The summed E-state index contributed by atoms with van der Waals surface area (Å²) in [6.07, 6.45) is 2.56. The van der Waals surface area contributed by atoms with Crippen molar-refractivity contribution in [2.75, 3.05) is 6.61 Å². The van der Waals surface area contributed by atoms with E-state index < -0.39 is 11.6 Å². The summed E-state index contributed by atoms with van der Waals surface area (Å²) in [5.74, 6) is 5.14. The van der Waals surface area contributed by atoms with Gasteiger partial charge < -0.3 is 4.74 Å². The zero-order valence-corrected chi connectivity index (χ0v) is 16.8. The topological polar surface area (TPSA) is 9.23 Å². The quantitative estimate of drug-likeness (QED) is 0.422. The van der Waals surface area contributed by atoms with Gasteiger partial charge in [0.25, 0.3) is 0 Å². The molecule has 0 saturated carbocycles. The standard InChI is InChI=1S/C26H24F2O/c1-3-5-6-20-17-25(27)24(26(28)18-20)16-9-19-7-10-21(11-8-19)22-12-14-23(15-13-22)29-4-2/h7-8,10-15,17-18H,3-6H2,1-2H3. The maximum absolute atomic E-state index is 14.3.